The molecule has 2 aliphatic rings. The van der Waals surface area contributed by atoms with Gasteiger partial charge in [-0.15, -0.1) is 0 Å². The van der Waals surface area contributed by atoms with Crippen LogP contribution in [0.4, 0.5) is 0 Å². The van der Waals surface area contributed by atoms with Crippen LogP contribution in [0.25, 0.3) is 0 Å². The zero-order valence-corrected chi connectivity index (χ0v) is 14.4. The number of amides is 1. The van der Waals surface area contributed by atoms with Crippen LogP contribution >= 0.6 is 0 Å². The first-order valence-corrected chi connectivity index (χ1v) is 8.96. The monoisotopic (exact) mass is 342 g/mol. The first-order chi connectivity index (χ1) is 12.1. The van der Waals surface area contributed by atoms with Crippen LogP contribution in [-0.2, 0) is 18.4 Å². The van der Waals surface area contributed by atoms with Gasteiger partial charge in [0.25, 0.3) is 11.5 Å². The number of H-pyrrole nitrogens is 1. The fraction of sp³-hybridized carbons (Fsp3) is 0.556. The first-order valence-electron chi connectivity index (χ1n) is 8.96. The second-order valence-electron chi connectivity index (χ2n) is 7.10. The number of rotatable bonds is 3. The maximum atomic E-state index is 12.9. The number of pyridine rings is 1. The molecule has 0 spiro atoms. The Bertz CT molecular complexity index is 861. The Morgan fingerprint density at radius 1 is 1.24 bits per heavy atom. The van der Waals surface area contributed by atoms with Gasteiger partial charge in [-0.05, 0) is 43.7 Å². The molecule has 2 N–H and O–H groups in total. The first kappa shape index (κ1) is 16.1. The predicted molar refractivity (Wildman–Crippen MR) is 90.4 cm³/mol. The number of hydrogen-bond acceptors (Lipinski definition) is 5. The highest BCUT2D eigenvalue weighted by molar-refractivity contribution is 5.94. The molecule has 1 saturated carbocycles. The lowest BCUT2D eigenvalue weighted by molar-refractivity contribution is 0.0853. The van der Waals surface area contributed by atoms with Crippen LogP contribution in [0.15, 0.2) is 15.4 Å². The summed E-state index contributed by atoms with van der Waals surface area (Å²) in [7, 11) is 0. The Morgan fingerprint density at radius 3 is 2.76 bits per heavy atom. The normalized spacial score (nSPS) is 18.8. The number of nitrogens with zero attached hydrogens (tertiary/aromatic N) is 2. The molecule has 25 heavy (non-hydrogen) atoms. The molecule has 0 aliphatic heterocycles. The summed E-state index contributed by atoms with van der Waals surface area (Å²) in [6.07, 6.45) is 7.38. The average Bonchev–Trinajstić information content (AvgIpc) is 3.23. The molecule has 7 nitrogen and oxygen atoms in total. The maximum absolute atomic E-state index is 12.9. The number of hydrogen-bond donors (Lipinski definition) is 2. The number of nitrogens with one attached hydrogen (secondary N) is 2. The topological polar surface area (TPSA) is 101 Å². The number of carbonyl (C=O) groups is 1. The lowest BCUT2D eigenvalue weighted by Gasteiger charge is -2.35. The molecule has 4 rings (SSSR count). The third kappa shape index (κ3) is 2.88. The van der Waals surface area contributed by atoms with Crippen LogP contribution in [0.5, 0.6) is 0 Å². The largest absolute Gasteiger partial charge is 0.340 e. The summed E-state index contributed by atoms with van der Waals surface area (Å²) >= 11 is 0. The van der Waals surface area contributed by atoms with Crippen molar-refractivity contribution in [2.75, 3.05) is 0 Å². The van der Waals surface area contributed by atoms with Crippen molar-refractivity contribution in [3.05, 3.63) is 45.0 Å². The van der Waals surface area contributed by atoms with E-state index in [0.717, 1.165) is 62.6 Å². The summed E-state index contributed by atoms with van der Waals surface area (Å²) in [6, 6.07) is 1.74. The minimum atomic E-state index is -0.654. The van der Waals surface area contributed by atoms with Gasteiger partial charge in [0.1, 0.15) is 11.1 Å². The molecule has 2 heterocycles. The van der Waals surface area contributed by atoms with Crippen molar-refractivity contribution in [1.82, 2.24) is 20.4 Å². The van der Waals surface area contributed by atoms with Crippen LogP contribution in [0.1, 0.15) is 71.9 Å². The third-order valence-corrected chi connectivity index (χ3v) is 5.35. The van der Waals surface area contributed by atoms with Crippen LogP contribution in [0.3, 0.4) is 0 Å². The number of fused-ring (bicyclic) bond motifs is 1. The third-order valence-electron chi connectivity index (χ3n) is 5.35. The SMILES string of the molecule is Cc1nc(C2(NC(=O)c3cc4c([nH]c3=O)CCC4)CCCCC2)no1. The number of carbonyl (C=O) groups excluding carboxylic acids is 1. The number of aromatic nitrogens is 3. The van der Waals surface area contributed by atoms with Gasteiger partial charge in [0.05, 0.1) is 0 Å². The molecule has 0 aromatic carbocycles. The van der Waals surface area contributed by atoms with Crippen LogP contribution in [0.2, 0.25) is 0 Å². The molecular formula is C18H22N4O3. The van der Waals surface area contributed by atoms with E-state index in [9.17, 15) is 9.59 Å². The quantitative estimate of drug-likeness (QED) is 0.890. The molecular weight excluding hydrogens is 320 g/mol. The fourth-order valence-electron chi connectivity index (χ4n) is 4.02. The van der Waals surface area contributed by atoms with Crippen LogP contribution < -0.4 is 10.9 Å². The molecule has 0 radical (unpaired) electrons. The van der Waals surface area contributed by atoms with Gasteiger partial charge in [0.15, 0.2) is 5.82 Å². The molecule has 0 saturated heterocycles. The standard InChI is InChI=1S/C18H22N4O3/c1-11-19-17(22-25-11)18(8-3-2-4-9-18)21-16(24)13-10-12-6-5-7-14(12)20-15(13)23/h10H,2-9H2,1H3,(H,20,23)(H,21,24). The van der Waals surface area contributed by atoms with Gasteiger partial charge < -0.3 is 14.8 Å². The molecule has 132 valence electrons. The van der Waals surface area contributed by atoms with Gasteiger partial charge in [-0.1, -0.05) is 24.4 Å². The van der Waals surface area contributed by atoms with E-state index in [4.69, 9.17) is 4.52 Å². The highest BCUT2D eigenvalue weighted by Crippen LogP contribution is 2.36. The Morgan fingerprint density at radius 2 is 2.04 bits per heavy atom. The number of aromatic amines is 1. The highest BCUT2D eigenvalue weighted by atomic mass is 16.5. The molecule has 2 aromatic heterocycles. The summed E-state index contributed by atoms with van der Waals surface area (Å²) in [5.74, 6) is 0.625. The zero-order valence-electron chi connectivity index (χ0n) is 14.4. The zero-order chi connectivity index (χ0) is 17.4. The second-order valence-corrected chi connectivity index (χ2v) is 7.10. The van der Waals surface area contributed by atoms with Crippen molar-refractivity contribution in [2.24, 2.45) is 0 Å². The van der Waals surface area contributed by atoms with Gasteiger partial charge in [0, 0.05) is 12.6 Å². The Labute approximate surface area is 145 Å². The van der Waals surface area contributed by atoms with E-state index >= 15 is 0 Å². The maximum Gasteiger partial charge on any atom is 0.261 e. The van der Waals surface area contributed by atoms with E-state index in [-0.39, 0.29) is 17.0 Å². The second kappa shape index (κ2) is 6.13. The molecule has 7 heteroatoms. The lowest BCUT2D eigenvalue weighted by atomic mass is 9.80. The molecule has 1 amide bonds. The van der Waals surface area contributed by atoms with Gasteiger partial charge >= 0.3 is 0 Å². The number of aryl methyl sites for hydroxylation is 3. The van der Waals surface area contributed by atoms with Crippen molar-refractivity contribution < 1.29 is 9.32 Å². The van der Waals surface area contributed by atoms with Crippen molar-refractivity contribution in [3.63, 3.8) is 0 Å². The van der Waals surface area contributed by atoms with E-state index in [1.54, 1.807) is 13.0 Å². The minimum absolute atomic E-state index is 0.172. The molecule has 1 fully saturated rings. The van der Waals surface area contributed by atoms with Crippen molar-refractivity contribution in [3.8, 4) is 0 Å². The highest BCUT2D eigenvalue weighted by Gasteiger charge is 2.40. The lowest BCUT2D eigenvalue weighted by Crippen LogP contribution is -2.49. The van der Waals surface area contributed by atoms with Crippen LogP contribution in [-0.4, -0.2) is 21.0 Å². The van der Waals surface area contributed by atoms with Crippen molar-refractivity contribution in [1.29, 1.82) is 0 Å². The summed E-state index contributed by atoms with van der Waals surface area (Å²) in [5, 5.41) is 7.12. The van der Waals surface area contributed by atoms with Crippen molar-refractivity contribution in [2.45, 2.75) is 63.8 Å². The smallest absolute Gasteiger partial charge is 0.261 e. The Hall–Kier alpha value is -2.44. The molecule has 0 unspecified atom stereocenters. The van der Waals surface area contributed by atoms with Gasteiger partial charge in [-0.2, -0.15) is 4.98 Å². The van der Waals surface area contributed by atoms with E-state index in [0.29, 0.717) is 11.7 Å². The van der Waals surface area contributed by atoms with E-state index in [2.05, 4.69) is 20.4 Å². The predicted octanol–water partition coefficient (Wildman–Crippen LogP) is 2.14. The van der Waals surface area contributed by atoms with Crippen molar-refractivity contribution >= 4 is 5.91 Å². The van der Waals surface area contributed by atoms with Gasteiger partial charge in [0.2, 0.25) is 5.89 Å². The fourth-order valence-corrected chi connectivity index (χ4v) is 4.02. The van der Waals surface area contributed by atoms with Gasteiger partial charge in [-0.25, -0.2) is 0 Å². The van der Waals surface area contributed by atoms with E-state index in [1.807, 2.05) is 0 Å². The summed E-state index contributed by atoms with van der Waals surface area (Å²) in [4.78, 5) is 32.5. The van der Waals surface area contributed by atoms with Gasteiger partial charge in [-0.3, -0.25) is 9.59 Å². The Balaban J connectivity index is 1.67. The Kier molecular flexibility index (Phi) is 3.94. The molecule has 0 bridgehead atoms. The van der Waals surface area contributed by atoms with E-state index < -0.39 is 5.54 Å². The molecule has 2 aromatic rings. The van der Waals surface area contributed by atoms with E-state index in [1.165, 1.54) is 0 Å². The average molecular weight is 342 g/mol. The molecule has 2 aliphatic carbocycles. The minimum Gasteiger partial charge on any atom is -0.340 e. The summed E-state index contributed by atoms with van der Waals surface area (Å²) in [6.45, 7) is 1.74. The molecule has 0 atom stereocenters. The summed E-state index contributed by atoms with van der Waals surface area (Å²) in [5.41, 5.74) is 1.22. The van der Waals surface area contributed by atoms with Crippen LogP contribution in [0, 0.1) is 6.92 Å². The summed E-state index contributed by atoms with van der Waals surface area (Å²) < 4.78 is 5.13.